The Balaban J connectivity index is 0.000000182. The van der Waals surface area contributed by atoms with Gasteiger partial charge in [0.05, 0.1) is 5.56 Å². The number of carbonyl (C=O) groups excluding carboxylic acids is 2. The molecule has 0 saturated carbocycles. The van der Waals surface area contributed by atoms with Gasteiger partial charge in [0.25, 0.3) is 0 Å². The summed E-state index contributed by atoms with van der Waals surface area (Å²) in [6.07, 6.45) is 4.40. The number of aldehydes is 1. The van der Waals surface area contributed by atoms with Gasteiger partial charge in [-0.3, -0.25) is 9.59 Å². The average molecular weight is 431 g/mol. The molecule has 4 rings (SSSR count). The van der Waals surface area contributed by atoms with Crippen LogP contribution in [0.25, 0.3) is 11.1 Å². The van der Waals surface area contributed by atoms with E-state index in [2.05, 4.69) is 22.3 Å². The third-order valence-electron chi connectivity index (χ3n) is 5.63. The number of rotatable bonds is 5. The molecule has 0 bridgehead atoms. The zero-order valence-corrected chi connectivity index (χ0v) is 18.7. The van der Waals surface area contributed by atoms with Crippen LogP contribution < -0.4 is 10.2 Å². The summed E-state index contributed by atoms with van der Waals surface area (Å²) in [5, 5.41) is 12.4. The lowest BCUT2D eigenvalue weighted by atomic mass is 10.0. The molecule has 0 aromatic heterocycles. The fraction of sp³-hybridized carbons (Fsp3) is 0.259. The van der Waals surface area contributed by atoms with Gasteiger partial charge in [-0.05, 0) is 67.6 Å². The Hall–Kier alpha value is -3.60. The third-order valence-corrected chi connectivity index (χ3v) is 5.63. The third kappa shape index (κ3) is 5.76. The maximum atomic E-state index is 11.4. The molecule has 1 aliphatic rings. The summed E-state index contributed by atoms with van der Waals surface area (Å²) in [5.41, 5.74) is 5.28. The molecule has 5 heteroatoms. The first kappa shape index (κ1) is 23.1. The first-order valence-electron chi connectivity index (χ1n) is 10.9. The number of carbonyl (C=O) groups is 2. The van der Waals surface area contributed by atoms with E-state index in [4.69, 9.17) is 0 Å². The molecule has 1 aliphatic heterocycles. The van der Waals surface area contributed by atoms with Crippen LogP contribution >= 0.6 is 0 Å². The number of hydrogen-bond acceptors (Lipinski definition) is 5. The molecule has 0 atom stereocenters. The molecule has 0 amide bonds. The second-order valence-corrected chi connectivity index (χ2v) is 7.84. The van der Waals surface area contributed by atoms with Gasteiger partial charge in [0.2, 0.25) is 0 Å². The van der Waals surface area contributed by atoms with Crippen LogP contribution in [-0.2, 0) is 0 Å². The largest absolute Gasteiger partial charge is 0.507 e. The highest BCUT2D eigenvalue weighted by atomic mass is 16.3. The van der Waals surface area contributed by atoms with Crippen LogP contribution in [0.4, 0.5) is 11.4 Å². The summed E-state index contributed by atoms with van der Waals surface area (Å²) in [4.78, 5) is 24.4. The highest BCUT2D eigenvalue weighted by molar-refractivity contribution is 6.00. The summed E-state index contributed by atoms with van der Waals surface area (Å²) in [6.45, 7) is 3.67. The number of benzene rings is 3. The van der Waals surface area contributed by atoms with Crippen LogP contribution in [0.3, 0.4) is 0 Å². The highest BCUT2D eigenvalue weighted by Gasteiger charge is 2.12. The molecule has 0 radical (unpaired) electrons. The van der Waals surface area contributed by atoms with Crippen molar-refractivity contribution in [1.29, 1.82) is 0 Å². The quantitative estimate of drug-likeness (QED) is 0.396. The summed E-state index contributed by atoms with van der Waals surface area (Å²) in [7, 11) is 1.83. The normalized spacial score (nSPS) is 13.0. The molecular formula is C27H30N2O3. The van der Waals surface area contributed by atoms with Gasteiger partial charge >= 0.3 is 0 Å². The number of nitrogens with one attached hydrogen (secondary N) is 1. The molecule has 0 aliphatic carbocycles. The van der Waals surface area contributed by atoms with Crippen LogP contribution in [0, 0.1) is 0 Å². The molecule has 1 heterocycles. The molecule has 0 spiro atoms. The number of hydrogen-bond donors (Lipinski definition) is 2. The van der Waals surface area contributed by atoms with E-state index in [-0.39, 0.29) is 11.5 Å². The number of anilines is 2. The second kappa shape index (κ2) is 11.1. The van der Waals surface area contributed by atoms with E-state index in [9.17, 15) is 14.7 Å². The van der Waals surface area contributed by atoms with Crippen LogP contribution in [0.2, 0.25) is 0 Å². The Morgan fingerprint density at radius 3 is 2.28 bits per heavy atom. The Morgan fingerprint density at radius 1 is 0.938 bits per heavy atom. The summed E-state index contributed by atoms with van der Waals surface area (Å²) in [6, 6.07) is 21.2. The molecule has 32 heavy (non-hydrogen) atoms. The Bertz CT molecular complexity index is 1060. The van der Waals surface area contributed by atoms with E-state index in [1.165, 1.54) is 19.3 Å². The van der Waals surface area contributed by atoms with Gasteiger partial charge in [-0.2, -0.15) is 0 Å². The topological polar surface area (TPSA) is 69.6 Å². The SMILES string of the molecule is CNc1cc(-c2ccccc2)ccc1C(C)=O.O=Cc1cc(N2CCCCC2)ccc1O. The minimum Gasteiger partial charge on any atom is -0.507 e. The number of phenols is 1. The average Bonchev–Trinajstić information content (AvgIpc) is 2.85. The first-order valence-corrected chi connectivity index (χ1v) is 10.9. The van der Waals surface area contributed by atoms with Crippen molar-refractivity contribution in [2.45, 2.75) is 26.2 Å². The van der Waals surface area contributed by atoms with Crippen molar-refractivity contribution in [2.24, 2.45) is 0 Å². The van der Waals surface area contributed by atoms with Crippen molar-refractivity contribution >= 4 is 23.4 Å². The lowest BCUT2D eigenvalue weighted by Crippen LogP contribution is -2.29. The minimum absolute atomic E-state index is 0.0609. The fourth-order valence-electron chi connectivity index (χ4n) is 3.85. The molecule has 3 aromatic rings. The van der Waals surface area contributed by atoms with E-state index in [1.54, 1.807) is 19.1 Å². The van der Waals surface area contributed by atoms with Gasteiger partial charge in [0.15, 0.2) is 12.1 Å². The Labute approximate surface area is 189 Å². The van der Waals surface area contributed by atoms with Gasteiger partial charge in [0.1, 0.15) is 5.75 Å². The highest BCUT2D eigenvalue weighted by Crippen LogP contribution is 2.26. The minimum atomic E-state index is 0.0609. The lowest BCUT2D eigenvalue weighted by Gasteiger charge is -2.29. The zero-order chi connectivity index (χ0) is 22.9. The van der Waals surface area contributed by atoms with Crippen LogP contribution in [0.1, 0.15) is 46.9 Å². The van der Waals surface area contributed by atoms with Crippen LogP contribution in [0.5, 0.6) is 5.75 Å². The van der Waals surface area contributed by atoms with Crippen molar-refractivity contribution in [2.75, 3.05) is 30.4 Å². The van der Waals surface area contributed by atoms with Gasteiger partial charge in [0, 0.05) is 37.1 Å². The zero-order valence-electron chi connectivity index (χ0n) is 18.7. The van der Waals surface area contributed by atoms with E-state index in [0.717, 1.165) is 41.2 Å². The Morgan fingerprint density at radius 2 is 1.66 bits per heavy atom. The molecule has 2 N–H and O–H groups in total. The van der Waals surface area contributed by atoms with Crippen molar-refractivity contribution in [3.8, 4) is 16.9 Å². The van der Waals surface area contributed by atoms with Crippen LogP contribution in [0.15, 0.2) is 66.7 Å². The van der Waals surface area contributed by atoms with Crippen molar-refractivity contribution < 1.29 is 14.7 Å². The molecule has 5 nitrogen and oxygen atoms in total. The van der Waals surface area contributed by atoms with E-state index >= 15 is 0 Å². The summed E-state index contributed by atoms with van der Waals surface area (Å²) < 4.78 is 0. The van der Waals surface area contributed by atoms with Crippen molar-refractivity contribution in [3.05, 3.63) is 77.9 Å². The first-order chi connectivity index (χ1) is 15.5. The monoisotopic (exact) mass is 430 g/mol. The molecular weight excluding hydrogens is 400 g/mol. The van der Waals surface area contributed by atoms with E-state index in [1.807, 2.05) is 49.5 Å². The molecule has 1 fully saturated rings. The maximum Gasteiger partial charge on any atom is 0.161 e. The number of aromatic hydroxyl groups is 1. The molecule has 166 valence electrons. The summed E-state index contributed by atoms with van der Waals surface area (Å²) >= 11 is 0. The Kier molecular flexibility index (Phi) is 8.03. The van der Waals surface area contributed by atoms with Gasteiger partial charge < -0.3 is 15.3 Å². The summed E-state index contributed by atoms with van der Waals surface area (Å²) in [5.74, 6) is 0.139. The standard InChI is InChI=1S/C15H15NO.C12H15NO2/c1-11(17)14-9-8-13(10-15(14)16-2)12-6-4-3-5-7-12;14-9-10-8-11(4-5-12(10)15)13-6-2-1-3-7-13/h3-10,16H,1-2H3;4-5,8-9,15H,1-3,6-7H2. The predicted octanol–water partition coefficient (Wildman–Crippen LogP) is 5.79. The second-order valence-electron chi connectivity index (χ2n) is 7.84. The number of phenolic OH excluding ortho intramolecular Hbond substituents is 1. The smallest absolute Gasteiger partial charge is 0.161 e. The van der Waals surface area contributed by atoms with Crippen molar-refractivity contribution in [3.63, 3.8) is 0 Å². The van der Waals surface area contributed by atoms with E-state index in [0.29, 0.717) is 11.8 Å². The maximum absolute atomic E-state index is 11.4. The van der Waals surface area contributed by atoms with Gasteiger partial charge in [-0.25, -0.2) is 0 Å². The molecule has 1 saturated heterocycles. The lowest BCUT2D eigenvalue weighted by molar-refractivity contribution is 0.101. The molecule has 0 unspecified atom stereocenters. The number of piperidine rings is 1. The predicted molar refractivity (Wildman–Crippen MR) is 131 cm³/mol. The van der Waals surface area contributed by atoms with E-state index < -0.39 is 0 Å². The van der Waals surface area contributed by atoms with Gasteiger partial charge in [-0.15, -0.1) is 0 Å². The number of nitrogens with zero attached hydrogens (tertiary/aromatic N) is 1. The number of ketones is 1. The van der Waals surface area contributed by atoms with Crippen LogP contribution in [-0.4, -0.2) is 37.3 Å². The number of Topliss-reactive ketones (excluding diaryl/α,β-unsaturated/α-hetero) is 1. The van der Waals surface area contributed by atoms with Gasteiger partial charge in [-0.1, -0.05) is 36.4 Å². The molecule has 3 aromatic carbocycles. The van der Waals surface area contributed by atoms with Crippen molar-refractivity contribution in [1.82, 2.24) is 0 Å². The fourth-order valence-corrected chi connectivity index (χ4v) is 3.85.